The van der Waals surface area contributed by atoms with Crippen molar-refractivity contribution in [3.05, 3.63) is 0 Å². The topological polar surface area (TPSA) is 37.3 Å². The van der Waals surface area contributed by atoms with Gasteiger partial charge in [-0.1, -0.05) is 52.4 Å². The fourth-order valence-electron chi connectivity index (χ4n) is 1.21. The third-order valence-corrected chi connectivity index (χ3v) is 3.66. The van der Waals surface area contributed by atoms with E-state index in [1.54, 1.807) is 10.6 Å². The van der Waals surface area contributed by atoms with Gasteiger partial charge in [0.15, 0.2) is 15.2 Å². The molecule has 4 heteroatoms. The van der Waals surface area contributed by atoms with Crippen LogP contribution in [0, 0.1) is 0 Å². The van der Waals surface area contributed by atoms with Gasteiger partial charge in [0.25, 0.3) is 0 Å². The molecule has 2 nitrogen and oxygen atoms in total. The zero-order valence-corrected chi connectivity index (χ0v) is 11.6. The molecule has 0 unspecified atom stereocenters. The van der Waals surface area contributed by atoms with Gasteiger partial charge in [0.05, 0.1) is 0 Å². The van der Waals surface area contributed by atoms with Crippen LogP contribution in [0.2, 0.25) is 10.6 Å². The first kappa shape index (κ1) is 17.0. The summed E-state index contributed by atoms with van der Waals surface area (Å²) in [5.41, 5.74) is 0. The maximum Gasteiger partial charge on any atom is 0.324 e. The van der Waals surface area contributed by atoms with Crippen LogP contribution in [0.25, 0.3) is 0 Å². The van der Waals surface area contributed by atoms with Gasteiger partial charge in [0.1, 0.15) is 0 Å². The highest BCUT2D eigenvalue weighted by Crippen LogP contribution is 2.04. The molecule has 0 fully saturated rings. The van der Waals surface area contributed by atoms with Crippen molar-refractivity contribution in [2.24, 2.45) is 0 Å². The molecule has 0 bridgehead atoms. The molecule has 0 heterocycles. The number of unbranched alkanes of at least 4 members (excludes halogenated alkanes) is 4. The molecule has 0 aliphatic heterocycles. The van der Waals surface area contributed by atoms with Gasteiger partial charge < -0.3 is 4.89 Å². The Hall–Kier alpha value is 0.592. The lowest BCUT2D eigenvalue weighted by atomic mass is 10.2. The molecule has 0 spiro atoms. The van der Waals surface area contributed by atoms with Crippen LogP contribution in [-0.2, 0) is 4.57 Å². The lowest BCUT2D eigenvalue weighted by Crippen LogP contribution is -1.88. The summed E-state index contributed by atoms with van der Waals surface area (Å²) in [6, 6.07) is 0. The second kappa shape index (κ2) is 19.2. The van der Waals surface area contributed by atoms with E-state index in [9.17, 15) is 0 Å². The quantitative estimate of drug-likeness (QED) is 0.389. The maximum atomic E-state index is 8.46. The summed E-state index contributed by atoms with van der Waals surface area (Å²) in [4.78, 5) is 6.99. The number of hydrogen-bond donors (Lipinski definition) is 1. The molecule has 83 valence electrons. The van der Waals surface area contributed by atoms with Crippen LogP contribution >= 0.6 is 8.69 Å². The Kier molecular flexibility index (Phi) is 23.3. The van der Waals surface area contributed by atoms with E-state index in [1.165, 1.54) is 38.5 Å². The minimum Gasteiger partial charge on any atom is -0.310 e. The highest BCUT2D eigenvalue weighted by atomic mass is 31.1. The van der Waals surface area contributed by atoms with E-state index in [2.05, 4.69) is 13.8 Å². The molecular weight excluding hydrogens is 210 g/mol. The number of hydrogen-bond acceptors (Lipinski definition) is 1. The van der Waals surface area contributed by atoms with Crippen LogP contribution in [0.4, 0.5) is 0 Å². The van der Waals surface area contributed by atoms with Crippen molar-refractivity contribution in [2.75, 3.05) is 0 Å². The lowest BCUT2D eigenvalue weighted by Gasteiger charge is -1.97. The fourth-order valence-corrected chi connectivity index (χ4v) is 2.77. The molecule has 0 aliphatic carbocycles. The van der Waals surface area contributed by atoms with Gasteiger partial charge in [0.2, 0.25) is 0 Å². The zero-order chi connectivity index (χ0) is 11.1. The van der Waals surface area contributed by atoms with Crippen molar-refractivity contribution in [1.82, 2.24) is 0 Å². The highest BCUT2D eigenvalue weighted by molar-refractivity contribution is 7.16. The summed E-state index contributed by atoms with van der Waals surface area (Å²) < 4.78 is 8.46. The van der Waals surface area contributed by atoms with Gasteiger partial charge >= 0.3 is 8.69 Å². The Morgan fingerprint density at radius 2 is 1.50 bits per heavy atom. The molecule has 1 radical (unpaired) electrons. The van der Waals surface area contributed by atoms with Gasteiger partial charge in [0, 0.05) is 0 Å². The highest BCUT2D eigenvalue weighted by Gasteiger charge is 1.91. The van der Waals surface area contributed by atoms with Crippen molar-refractivity contribution < 1.29 is 9.46 Å². The Morgan fingerprint density at radius 3 is 2.00 bits per heavy atom. The normalized spacial score (nSPS) is 9.36. The summed E-state index contributed by atoms with van der Waals surface area (Å²) in [5.74, 6) is 0. The Morgan fingerprint density at radius 1 is 1.00 bits per heavy atom. The van der Waals surface area contributed by atoms with Gasteiger partial charge in [-0.25, -0.2) is 4.57 Å². The van der Waals surface area contributed by atoms with Crippen LogP contribution in [0.3, 0.4) is 0 Å². The van der Waals surface area contributed by atoms with Gasteiger partial charge in [-0.15, -0.1) is 10.6 Å². The second-order valence-corrected chi connectivity index (χ2v) is 5.26. The van der Waals surface area contributed by atoms with E-state index in [4.69, 9.17) is 9.46 Å². The van der Waals surface area contributed by atoms with Crippen molar-refractivity contribution in [3.8, 4) is 0 Å². The summed E-state index contributed by atoms with van der Waals surface area (Å²) in [5, 5.41) is 3.10. The molecule has 0 atom stereocenters. The maximum absolute atomic E-state index is 8.46. The molecule has 0 saturated carbocycles. The Bertz CT molecular complexity index is 94.1. The van der Waals surface area contributed by atoms with E-state index >= 15 is 0 Å². The first-order chi connectivity index (χ1) is 6.83. The molecule has 0 aromatic rings. The largest absolute Gasteiger partial charge is 0.324 e. The van der Waals surface area contributed by atoms with E-state index in [1.807, 2.05) is 0 Å². The van der Waals surface area contributed by atoms with E-state index in [0.717, 1.165) is 15.2 Å². The summed E-state index contributed by atoms with van der Waals surface area (Å²) in [7, 11) is -0.833. The zero-order valence-electron chi connectivity index (χ0n) is 9.54. The molecule has 1 N–H and O–H groups in total. The van der Waals surface area contributed by atoms with Crippen LogP contribution in [-0.4, -0.2) is 20.1 Å². The lowest BCUT2D eigenvalue weighted by molar-refractivity contribution is 0.524. The Labute approximate surface area is 96.5 Å². The van der Waals surface area contributed by atoms with Crippen LogP contribution in [0.15, 0.2) is 0 Å². The van der Waals surface area contributed by atoms with Gasteiger partial charge in [-0.2, -0.15) is 0 Å². The first-order valence-corrected chi connectivity index (χ1v) is 8.01. The molecule has 0 aliphatic rings. The summed E-state index contributed by atoms with van der Waals surface area (Å²) >= 11 is 0.811. The first-order valence-electron chi connectivity index (χ1n) is 5.61. The number of rotatable bonds is 8. The van der Waals surface area contributed by atoms with Crippen molar-refractivity contribution in [2.45, 2.75) is 62.9 Å². The predicted octanol–water partition coefficient (Wildman–Crippen LogP) is 4.09. The molecule has 0 saturated heterocycles. The molecule has 14 heavy (non-hydrogen) atoms. The third-order valence-electron chi connectivity index (χ3n) is 2.02. The van der Waals surface area contributed by atoms with E-state index in [-0.39, 0.29) is 0 Å². The van der Waals surface area contributed by atoms with Crippen LogP contribution < -0.4 is 0 Å². The molecule has 0 aromatic carbocycles. The van der Waals surface area contributed by atoms with E-state index < -0.39 is 8.69 Å². The average molecular weight is 233 g/mol. The van der Waals surface area contributed by atoms with Gasteiger partial charge in [-0.05, 0) is 0 Å². The molecule has 0 aromatic heterocycles. The average Bonchev–Trinajstić information content (AvgIpc) is 2.18. The third kappa shape index (κ3) is 22.9. The minimum atomic E-state index is -0.833. The van der Waals surface area contributed by atoms with Crippen LogP contribution in [0.5, 0.6) is 0 Å². The van der Waals surface area contributed by atoms with Gasteiger partial charge in [-0.3, -0.25) is 0 Å². The summed E-state index contributed by atoms with van der Waals surface area (Å²) in [6.45, 7) is 4.57. The molecule has 0 amide bonds. The molecule has 0 rings (SSSR count). The van der Waals surface area contributed by atoms with Crippen molar-refractivity contribution >= 4 is 23.9 Å². The van der Waals surface area contributed by atoms with Crippen molar-refractivity contribution in [3.63, 3.8) is 0 Å². The predicted molar refractivity (Wildman–Crippen MR) is 64.2 cm³/mol. The monoisotopic (exact) mass is 233 g/mol. The van der Waals surface area contributed by atoms with Crippen LogP contribution in [0.1, 0.15) is 52.4 Å². The molecular formula is C10H23AlO2P. The second-order valence-electron chi connectivity index (χ2n) is 3.36. The Balaban J connectivity index is 0. The standard InChI is InChI=1S/C6H13.C4H9.Al.HO2P/c1-3-5-6-4-2;1-3-4-2;;1-3-2/h1,3-6H2,2H3;1,3-4H2,2H3;;(H,1,2). The smallest absolute Gasteiger partial charge is 0.310 e. The summed E-state index contributed by atoms with van der Waals surface area (Å²) in [6.07, 6.45) is 8.69. The fraction of sp³-hybridized carbons (Fsp3) is 1.00. The SMILES string of the molecule is CCCCC[CH2][Al][CH2]CCC.O=PO. The van der Waals surface area contributed by atoms with Crippen molar-refractivity contribution in [1.29, 1.82) is 0 Å². The van der Waals surface area contributed by atoms with E-state index in [0.29, 0.717) is 0 Å². The minimum absolute atomic E-state index is 0.811.